The Morgan fingerprint density at radius 3 is 2.46 bits per heavy atom. The van der Waals surface area contributed by atoms with Crippen molar-refractivity contribution >= 4 is 23.6 Å². The molecule has 8 heteroatoms. The molecule has 2 amide bonds. The highest BCUT2D eigenvalue weighted by Crippen LogP contribution is 2.37. The first-order valence-corrected chi connectivity index (χ1v) is 12.1. The molecule has 0 radical (unpaired) electrons. The van der Waals surface area contributed by atoms with Gasteiger partial charge < -0.3 is 19.9 Å². The summed E-state index contributed by atoms with van der Waals surface area (Å²) in [6, 6.07) is 8.60. The van der Waals surface area contributed by atoms with Gasteiger partial charge >= 0.3 is 5.97 Å². The molecule has 1 aromatic heterocycles. The molecule has 1 saturated carbocycles. The van der Waals surface area contributed by atoms with E-state index >= 15 is 0 Å². The average molecular weight is 479 g/mol. The van der Waals surface area contributed by atoms with Crippen molar-refractivity contribution in [3.63, 3.8) is 0 Å². The molecule has 0 saturated heterocycles. The number of nitriles is 1. The first kappa shape index (κ1) is 26.0. The quantitative estimate of drug-likeness (QED) is 0.548. The van der Waals surface area contributed by atoms with Gasteiger partial charge in [-0.1, -0.05) is 44.4 Å². The summed E-state index contributed by atoms with van der Waals surface area (Å²) in [7, 11) is 0. The Bertz CT molecular complexity index is 1150. The molecule has 2 aromatic rings. The molecule has 8 nitrogen and oxygen atoms in total. The van der Waals surface area contributed by atoms with Crippen molar-refractivity contribution in [3.05, 3.63) is 52.2 Å². The van der Waals surface area contributed by atoms with Crippen molar-refractivity contribution in [3.8, 4) is 6.07 Å². The number of anilines is 1. The fourth-order valence-corrected chi connectivity index (χ4v) is 4.61. The number of ether oxygens (including phenoxy) is 1. The topological polar surface area (TPSA) is 113 Å². The van der Waals surface area contributed by atoms with Crippen LogP contribution >= 0.6 is 0 Å². The maximum Gasteiger partial charge on any atom is 0.329 e. The van der Waals surface area contributed by atoms with Crippen LogP contribution in [-0.4, -0.2) is 35.0 Å². The third kappa shape index (κ3) is 5.91. The van der Waals surface area contributed by atoms with Crippen LogP contribution in [0.5, 0.6) is 0 Å². The van der Waals surface area contributed by atoms with Crippen LogP contribution in [0.15, 0.2) is 24.3 Å². The van der Waals surface area contributed by atoms with E-state index in [9.17, 15) is 19.6 Å². The predicted molar refractivity (Wildman–Crippen MR) is 133 cm³/mol. The number of carbonyl (C=O) groups excluding carboxylic acids is 3. The molecule has 1 fully saturated rings. The number of carbonyl (C=O) groups is 3. The molecule has 1 heterocycles. The van der Waals surface area contributed by atoms with E-state index in [0.29, 0.717) is 16.9 Å². The van der Waals surface area contributed by atoms with Crippen molar-refractivity contribution in [2.75, 3.05) is 11.9 Å². The number of nitrogens with zero attached hydrogens (tertiary/aromatic N) is 2. The van der Waals surface area contributed by atoms with E-state index in [-0.39, 0.29) is 17.9 Å². The van der Waals surface area contributed by atoms with Gasteiger partial charge in [0.25, 0.3) is 11.8 Å². The van der Waals surface area contributed by atoms with Crippen molar-refractivity contribution in [2.45, 2.75) is 72.4 Å². The monoisotopic (exact) mass is 478 g/mol. The van der Waals surface area contributed by atoms with Gasteiger partial charge in [0, 0.05) is 17.3 Å². The highest BCUT2D eigenvalue weighted by molar-refractivity contribution is 5.98. The lowest BCUT2D eigenvalue weighted by molar-refractivity contribution is -0.150. The molecule has 0 unspecified atom stereocenters. The Morgan fingerprint density at radius 2 is 1.86 bits per heavy atom. The van der Waals surface area contributed by atoms with Crippen molar-refractivity contribution in [1.29, 1.82) is 5.26 Å². The second-order valence-corrected chi connectivity index (χ2v) is 9.57. The van der Waals surface area contributed by atoms with Gasteiger partial charge in [-0.15, -0.1) is 0 Å². The Balaban J connectivity index is 1.67. The standard InChI is InChI=1S/C27H34N4O4/c1-16(2)24(30-26(33)20-10-8-9-17(3)13-20)27(34)35-15-23(32)29-25-22(14-28)18(4)19(5)31(25)21-11-6-7-12-21/h8-10,13,16,21,24H,6-7,11-12,15H2,1-5H3,(H,29,32)(H,30,33)/t24-/m0/s1. The lowest BCUT2D eigenvalue weighted by Gasteiger charge is -2.21. The summed E-state index contributed by atoms with van der Waals surface area (Å²) in [4.78, 5) is 38.1. The second kappa shape index (κ2) is 11.2. The molecule has 0 spiro atoms. The smallest absolute Gasteiger partial charge is 0.329 e. The van der Waals surface area contributed by atoms with E-state index in [1.54, 1.807) is 32.0 Å². The number of aromatic nitrogens is 1. The highest BCUT2D eigenvalue weighted by atomic mass is 16.5. The zero-order chi connectivity index (χ0) is 25.7. The van der Waals surface area contributed by atoms with Gasteiger partial charge in [0.1, 0.15) is 17.9 Å². The number of aryl methyl sites for hydroxylation is 1. The van der Waals surface area contributed by atoms with Gasteiger partial charge in [-0.3, -0.25) is 9.59 Å². The largest absolute Gasteiger partial charge is 0.454 e. The number of amides is 2. The minimum absolute atomic E-state index is 0.232. The molecule has 1 aliphatic carbocycles. The molecular weight excluding hydrogens is 444 g/mol. The third-order valence-corrected chi connectivity index (χ3v) is 6.65. The molecule has 1 atom stereocenters. The summed E-state index contributed by atoms with van der Waals surface area (Å²) in [5.41, 5.74) is 3.61. The van der Waals surface area contributed by atoms with Gasteiger partial charge in [0.2, 0.25) is 0 Å². The van der Waals surface area contributed by atoms with Crippen LogP contribution in [0.2, 0.25) is 0 Å². The zero-order valence-corrected chi connectivity index (χ0v) is 21.1. The summed E-state index contributed by atoms with van der Waals surface area (Å²) in [6.45, 7) is 8.78. The zero-order valence-electron chi connectivity index (χ0n) is 21.1. The first-order valence-electron chi connectivity index (χ1n) is 12.1. The fraction of sp³-hybridized carbons (Fsp3) is 0.481. The van der Waals surface area contributed by atoms with E-state index in [1.165, 1.54) is 0 Å². The van der Waals surface area contributed by atoms with Gasteiger partial charge in [-0.05, 0) is 57.2 Å². The van der Waals surface area contributed by atoms with Gasteiger partial charge in [0.15, 0.2) is 6.61 Å². The SMILES string of the molecule is Cc1cccc(C(=O)N[C@H](C(=O)OCC(=O)Nc2c(C#N)c(C)c(C)n2C2CCCC2)C(C)C)c1. The Morgan fingerprint density at radius 1 is 1.17 bits per heavy atom. The van der Waals surface area contributed by atoms with Crippen LogP contribution in [-0.2, 0) is 14.3 Å². The van der Waals surface area contributed by atoms with E-state index in [1.807, 2.05) is 31.4 Å². The second-order valence-electron chi connectivity index (χ2n) is 9.57. The molecule has 186 valence electrons. The number of hydrogen-bond acceptors (Lipinski definition) is 5. The van der Waals surface area contributed by atoms with E-state index in [0.717, 1.165) is 42.5 Å². The number of hydrogen-bond donors (Lipinski definition) is 2. The van der Waals surface area contributed by atoms with Gasteiger partial charge in [-0.2, -0.15) is 5.26 Å². The maximum atomic E-state index is 12.8. The number of nitrogens with one attached hydrogen (secondary N) is 2. The molecule has 35 heavy (non-hydrogen) atoms. The van der Waals surface area contributed by atoms with Crippen molar-refractivity contribution in [1.82, 2.24) is 9.88 Å². The van der Waals surface area contributed by atoms with Crippen molar-refractivity contribution < 1.29 is 19.1 Å². The van der Waals surface area contributed by atoms with E-state index < -0.39 is 24.5 Å². The minimum Gasteiger partial charge on any atom is -0.454 e. The minimum atomic E-state index is -0.905. The number of rotatable bonds is 8. The van der Waals surface area contributed by atoms with Crippen molar-refractivity contribution in [2.24, 2.45) is 5.92 Å². The Hall–Kier alpha value is -3.60. The van der Waals surface area contributed by atoms with Crippen LogP contribution in [0.1, 0.15) is 78.3 Å². The molecule has 0 aliphatic heterocycles. The molecule has 1 aliphatic rings. The summed E-state index contributed by atoms with van der Waals surface area (Å²) in [5.74, 6) is -1.37. The van der Waals surface area contributed by atoms with E-state index in [4.69, 9.17) is 4.74 Å². The number of benzene rings is 1. The lowest BCUT2D eigenvalue weighted by Crippen LogP contribution is -2.46. The van der Waals surface area contributed by atoms with E-state index in [2.05, 4.69) is 16.7 Å². The van der Waals surface area contributed by atoms with Crippen LogP contribution in [0, 0.1) is 38.0 Å². The van der Waals surface area contributed by atoms with Crippen LogP contribution < -0.4 is 10.6 Å². The first-order chi connectivity index (χ1) is 16.6. The molecule has 1 aromatic carbocycles. The molecule has 3 rings (SSSR count). The average Bonchev–Trinajstić information content (AvgIpc) is 3.42. The lowest BCUT2D eigenvalue weighted by atomic mass is 10.0. The van der Waals surface area contributed by atoms with Crippen LogP contribution in [0.3, 0.4) is 0 Å². The molecular formula is C27H34N4O4. The van der Waals surface area contributed by atoms with Crippen LogP contribution in [0.25, 0.3) is 0 Å². The van der Waals surface area contributed by atoms with Gasteiger partial charge in [-0.25, -0.2) is 4.79 Å². The fourth-order valence-electron chi connectivity index (χ4n) is 4.61. The number of esters is 1. The van der Waals surface area contributed by atoms with Crippen LogP contribution in [0.4, 0.5) is 5.82 Å². The summed E-state index contributed by atoms with van der Waals surface area (Å²) in [6.07, 6.45) is 4.21. The highest BCUT2D eigenvalue weighted by Gasteiger charge is 2.29. The Kier molecular flexibility index (Phi) is 8.34. The Labute approximate surface area is 206 Å². The van der Waals surface area contributed by atoms with Gasteiger partial charge in [0.05, 0.1) is 5.56 Å². The maximum absolute atomic E-state index is 12.8. The third-order valence-electron chi connectivity index (χ3n) is 6.65. The predicted octanol–water partition coefficient (Wildman–Crippen LogP) is 4.34. The normalized spacial score (nSPS) is 14.4. The molecule has 2 N–H and O–H groups in total. The summed E-state index contributed by atoms with van der Waals surface area (Å²) in [5, 5.41) is 15.2. The summed E-state index contributed by atoms with van der Waals surface area (Å²) < 4.78 is 7.32. The summed E-state index contributed by atoms with van der Waals surface area (Å²) >= 11 is 0. The molecule has 0 bridgehead atoms.